The van der Waals surface area contributed by atoms with Gasteiger partial charge in [-0.25, -0.2) is 0 Å². The van der Waals surface area contributed by atoms with Gasteiger partial charge in [-0.3, -0.25) is 5.43 Å². The van der Waals surface area contributed by atoms with Crippen molar-refractivity contribution < 1.29 is 0 Å². The Labute approximate surface area is 106 Å². The molecule has 2 atom stereocenters. The standard InChI is InChI=1S/C14H15ClN2/c1-9-5-6-11(8-13(9)15)16-17-14-7-10-3-2-4-12(10)14/h2-3,5-6,8,10,12,16H,4,7H2,1H3/b17-14-/t10-,12-/m0/s1. The first kappa shape index (κ1) is 10.8. The van der Waals surface area contributed by atoms with Gasteiger partial charge in [0.25, 0.3) is 0 Å². The van der Waals surface area contributed by atoms with Crippen molar-refractivity contribution in [2.45, 2.75) is 19.8 Å². The molecule has 0 spiro atoms. The molecule has 3 rings (SSSR count). The molecule has 1 fully saturated rings. The van der Waals surface area contributed by atoms with E-state index < -0.39 is 0 Å². The molecule has 3 heteroatoms. The number of rotatable bonds is 2. The van der Waals surface area contributed by atoms with Crippen molar-refractivity contribution in [3.05, 3.63) is 40.9 Å². The van der Waals surface area contributed by atoms with E-state index in [4.69, 9.17) is 11.6 Å². The second-order valence-corrected chi connectivity index (χ2v) is 5.22. The lowest BCUT2D eigenvalue weighted by molar-refractivity contribution is 0.466. The molecule has 2 aliphatic rings. The van der Waals surface area contributed by atoms with E-state index >= 15 is 0 Å². The highest BCUT2D eigenvalue weighted by atomic mass is 35.5. The molecule has 0 aliphatic heterocycles. The molecule has 17 heavy (non-hydrogen) atoms. The normalized spacial score (nSPS) is 28.0. The van der Waals surface area contributed by atoms with Crippen molar-refractivity contribution in [1.29, 1.82) is 0 Å². The molecule has 1 aromatic rings. The first-order chi connectivity index (χ1) is 8.24. The van der Waals surface area contributed by atoms with Crippen LogP contribution in [0.25, 0.3) is 0 Å². The minimum atomic E-state index is 0.656. The summed E-state index contributed by atoms with van der Waals surface area (Å²) in [4.78, 5) is 0. The second kappa shape index (κ2) is 4.19. The molecule has 0 amide bonds. The second-order valence-electron chi connectivity index (χ2n) is 4.82. The Balaban J connectivity index is 1.68. The van der Waals surface area contributed by atoms with Crippen molar-refractivity contribution in [2.75, 3.05) is 5.43 Å². The quantitative estimate of drug-likeness (QED) is 0.619. The first-order valence-corrected chi connectivity index (χ1v) is 6.37. The molecule has 0 saturated heterocycles. The van der Waals surface area contributed by atoms with Crippen LogP contribution in [0.4, 0.5) is 5.69 Å². The van der Waals surface area contributed by atoms with Crippen LogP contribution in [0.3, 0.4) is 0 Å². The predicted octanol–water partition coefficient (Wildman–Crippen LogP) is 4.01. The molecule has 1 saturated carbocycles. The maximum Gasteiger partial charge on any atom is 0.0576 e. The molecule has 0 bridgehead atoms. The number of allylic oxidation sites excluding steroid dienone is 2. The number of benzene rings is 1. The van der Waals surface area contributed by atoms with Gasteiger partial charge in [0.15, 0.2) is 0 Å². The van der Waals surface area contributed by atoms with Crippen LogP contribution >= 0.6 is 11.6 Å². The van der Waals surface area contributed by atoms with Gasteiger partial charge in [0.05, 0.1) is 5.69 Å². The zero-order chi connectivity index (χ0) is 11.8. The Morgan fingerprint density at radius 3 is 3.06 bits per heavy atom. The van der Waals surface area contributed by atoms with E-state index in [1.165, 1.54) is 5.71 Å². The number of nitrogens with zero attached hydrogens (tertiary/aromatic N) is 1. The fourth-order valence-electron chi connectivity index (χ4n) is 2.46. The van der Waals surface area contributed by atoms with Gasteiger partial charge in [-0.15, -0.1) is 0 Å². The number of nitrogens with one attached hydrogen (secondary N) is 1. The third-order valence-electron chi connectivity index (χ3n) is 3.66. The minimum Gasteiger partial charge on any atom is -0.279 e. The molecule has 2 aliphatic carbocycles. The molecule has 2 nitrogen and oxygen atoms in total. The summed E-state index contributed by atoms with van der Waals surface area (Å²) in [5, 5.41) is 5.26. The molecule has 88 valence electrons. The Morgan fingerprint density at radius 2 is 2.29 bits per heavy atom. The molecule has 0 aromatic heterocycles. The van der Waals surface area contributed by atoms with E-state index in [1.54, 1.807) is 0 Å². The maximum absolute atomic E-state index is 6.07. The lowest BCUT2D eigenvalue weighted by atomic mass is 9.74. The predicted molar refractivity (Wildman–Crippen MR) is 72.6 cm³/mol. The summed E-state index contributed by atoms with van der Waals surface area (Å²) < 4.78 is 0. The van der Waals surface area contributed by atoms with Crippen molar-refractivity contribution in [1.82, 2.24) is 0 Å². The van der Waals surface area contributed by atoms with E-state index in [0.717, 1.165) is 35.0 Å². The topological polar surface area (TPSA) is 24.4 Å². The summed E-state index contributed by atoms with van der Waals surface area (Å²) >= 11 is 6.07. The minimum absolute atomic E-state index is 0.656. The average Bonchev–Trinajstić information content (AvgIpc) is 2.66. The summed E-state index contributed by atoms with van der Waals surface area (Å²) in [5.74, 6) is 1.40. The van der Waals surface area contributed by atoms with Crippen LogP contribution in [0, 0.1) is 18.8 Å². The highest BCUT2D eigenvalue weighted by Gasteiger charge is 2.37. The van der Waals surface area contributed by atoms with E-state index in [-0.39, 0.29) is 0 Å². The SMILES string of the molecule is Cc1ccc(N/N=C2/C[C@@H]3C=CC[C@H]23)cc1Cl. The monoisotopic (exact) mass is 246 g/mol. The van der Waals surface area contributed by atoms with Crippen LogP contribution in [0.2, 0.25) is 5.02 Å². The molecular weight excluding hydrogens is 232 g/mol. The van der Waals surface area contributed by atoms with Crippen LogP contribution < -0.4 is 5.43 Å². The summed E-state index contributed by atoms with van der Waals surface area (Å²) in [7, 11) is 0. The molecule has 0 radical (unpaired) electrons. The van der Waals surface area contributed by atoms with Gasteiger partial charge >= 0.3 is 0 Å². The van der Waals surface area contributed by atoms with E-state index in [9.17, 15) is 0 Å². The Kier molecular flexibility index (Phi) is 2.67. The van der Waals surface area contributed by atoms with Gasteiger partial charge in [-0.2, -0.15) is 5.10 Å². The van der Waals surface area contributed by atoms with Gasteiger partial charge in [0, 0.05) is 16.7 Å². The Hall–Kier alpha value is -1.28. The van der Waals surface area contributed by atoms with Crippen LogP contribution in [0.1, 0.15) is 18.4 Å². The smallest absolute Gasteiger partial charge is 0.0576 e. The van der Waals surface area contributed by atoms with E-state index in [1.807, 2.05) is 25.1 Å². The van der Waals surface area contributed by atoms with Crippen LogP contribution in [-0.2, 0) is 0 Å². The molecule has 0 unspecified atom stereocenters. The highest BCUT2D eigenvalue weighted by molar-refractivity contribution is 6.31. The number of anilines is 1. The highest BCUT2D eigenvalue weighted by Crippen LogP contribution is 2.40. The van der Waals surface area contributed by atoms with Gasteiger partial charge in [-0.1, -0.05) is 29.8 Å². The molecule has 1 N–H and O–H groups in total. The molecule has 0 heterocycles. The fraction of sp³-hybridized carbons (Fsp3) is 0.357. The van der Waals surface area contributed by atoms with Crippen molar-refractivity contribution in [3.8, 4) is 0 Å². The van der Waals surface area contributed by atoms with Gasteiger partial charge in [0.1, 0.15) is 0 Å². The summed E-state index contributed by atoms with van der Waals surface area (Å²) in [6, 6.07) is 5.93. The third-order valence-corrected chi connectivity index (χ3v) is 4.07. The third kappa shape index (κ3) is 1.98. The summed E-state index contributed by atoms with van der Waals surface area (Å²) in [6.07, 6.45) is 6.83. The van der Waals surface area contributed by atoms with Gasteiger partial charge in [-0.05, 0) is 43.4 Å². The largest absolute Gasteiger partial charge is 0.279 e. The zero-order valence-electron chi connectivity index (χ0n) is 9.78. The maximum atomic E-state index is 6.07. The Bertz CT molecular complexity index is 505. The van der Waals surface area contributed by atoms with E-state index in [2.05, 4.69) is 22.7 Å². The van der Waals surface area contributed by atoms with Crippen molar-refractivity contribution in [2.24, 2.45) is 16.9 Å². The number of halogens is 1. The van der Waals surface area contributed by atoms with Crippen molar-refractivity contribution >= 4 is 23.0 Å². The lowest BCUT2D eigenvalue weighted by Crippen LogP contribution is -2.33. The number of aryl methyl sites for hydroxylation is 1. The number of hydrazone groups is 1. The summed E-state index contributed by atoms with van der Waals surface area (Å²) in [6.45, 7) is 2.00. The molecule has 1 aromatic carbocycles. The number of hydrogen-bond donors (Lipinski definition) is 1. The Morgan fingerprint density at radius 1 is 1.41 bits per heavy atom. The number of hydrogen-bond acceptors (Lipinski definition) is 2. The summed E-state index contributed by atoms with van der Waals surface area (Å²) in [5.41, 5.74) is 6.44. The average molecular weight is 247 g/mol. The lowest BCUT2D eigenvalue weighted by Gasteiger charge is -2.31. The van der Waals surface area contributed by atoms with Crippen LogP contribution in [0.15, 0.2) is 35.5 Å². The van der Waals surface area contributed by atoms with Crippen LogP contribution in [0.5, 0.6) is 0 Å². The molecular formula is C14H15ClN2. The number of fused-ring (bicyclic) bond motifs is 1. The van der Waals surface area contributed by atoms with Gasteiger partial charge in [0.2, 0.25) is 0 Å². The zero-order valence-corrected chi connectivity index (χ0v) is 10.5. The van der Waals surface area contributed by atoms with E-state index in [0.29, 0.717) is 5.92 Å². The fourth-order valence-corrected chi connectivity index (χ4v) is 2.64. The van der Waals surface area contributed by atoms with Crippen molar-refractivity contribution in [3.63, 3.8) is 0 Å². The first-order valence-electron chi connectivity index (χ1n) is 5.99. The van der Waals surface area contributed by atoms with Crippen LogP contribution in [-0.4, -0.2) is 5.71 Å². The van der Waals surface area contributed by atoms with Gasteiger partial charge < -0.3 is 0 Å².